The van der Waals surface area contributed by atoms with Crippen LogP contribution in [0.2, 0.25) is 0 Å². The Morgan fingerprint density at radius 2 is 1.63 bits per heavy atom. The van der Waals surface area contributed by atoms with Crippen LogP contribution in [-0.2, 0) is 20.0 Å². The predicted molar refractivity (Wildman–Crippen MR) is 97.5 cm³/mol. The van der Waals surface area contributed by atoms with Crippen LogP contribution in [0.3, 0.4) is 0 Å². The van der Waals surface area contributed by atoms with E-state index in [1.807, 2.05) is 0 Å². The molecule has 2 aromatic carbocycles. The van der Waals surface area contributed by atoms with Crippen LogP contribution in [0, 0.1) is 0 Å². The number of hydrogen-bond donors (Lipinski definition) is 2. The van der Waals surface area contributed by atoms with E-state index in [2.05, 4.69) is 0 Å². The first-order valence-electron chi connectivity index (χ1n) is 7.88. The molecule has 9 heteroatoms. The van der Waals surface area contributed by atoms with Crippen molar-refractivity contribution in [3.63, 3.8) is 0 Å². The van der Waals surface area contributed by atoms with Gasteiger partial charge in [-0.05, 0) is 17.7 Å². The maximum atomic E-state index is 12.5. The summed E-state index contributed by atoms with van der Waals surface area (Å²) in [5.74, 6) is -0.922. The molecule has 0 amide bonds. The van der Waals surface area contributed by atoms with Gasteiger partial charge in [-0.2, -0.15) is 0 Å². The largest absolute Gasteiger partial charge is 0.493 e. The quantitative estimate of drug-likeness (QED) is 0.622. The molecule has 27 heavy (non-hydrogen) atoms. The second-order valence-electron chi connectivity index (χ2n) is 5.53. The van der Waals surface area contributed by atoms with E-state index in [4.69, 9.17) is 18.7 Å². The molecular weight excluding hydrogens is 375 g/mol. The van der Waals surface area contributed by atoms with E-state index in [9.17, 15) is 19.4 Å². The van der Waals surface area contributed by atoms with Gasteiger partial charge in [0.25, 0.3) is 0 Å². The summed E-state index contributed by atoms with van der Waals surface area (Å²) in [6, 6.07) is 11.3. The molecule has 8 nitrogen and oxygen atoms in total. The number of methoxy groups -OCH3 is 3. The van der Waals surface area contributed by atoms with Gasteiger partial charge in [0.15, 0.2) is 17.6 Å². The lowest BCUT2D eigenvalue weighted by molar-refractivity contribution is -0.145. The highest BCUT2D eigenvalue weighted by Crippen LogP contribution is 2.52. The molecule has 0 saturated heterocycles. The second kappa shape index (κ2) is 8.90. The number of carboxylic acids is 1. The lowest BCUT2D eigenvalue weighted by Gasteiger charge is -2.22. The number of rotatable bonds is 9. The summed E-state index contributed by atoms with van der Waals surface area (Å²) >= 11 is 0. The van der Waals surface area contributed by atoms with Crippen molar-refractivity contribution in [2.45, 2.75) is 12.3 Å². The van der Waals surface area contributed by atoms with E-state index in [1.54, 1.807) is 30.3 Å². The van der Waals surface area contributed by atoms with Crippen LogP contribution in [-0.4, -0.2) is 37.3 Å². The SMILES string of the molecule is COc1ccc(C(OP(=O)(O)Cc2ccccc2)C(=O)O)c(OC)c1OC. The molecule has 2 rings (SSSR count). The highest BCUT2D eigenvalue weighted by molar-refractivity contribution is 7.52. The Hall–Kier alpha value is -2.54. The number of hydrogen-bond acceptors (Lipinski definition) is 6. The molecular formula is C18H21O8P. The van der Waals surface area contributed by atoms with Crippen LogP contribution in [0.1, 0.15) is 17.2 Å². The van der Waals surface area contributed by atoms with Crippen molar-refractivity contribution >= 4 is 13.6 Å². The van der Waals surface area contributed by atoms with E-state index < -0.39 is 19.7 Å². The Kier molecular flexibility index (Phi) is 6.85. The molecule has 2 atom stereocenters. The lowest BCUT2D eigenvalue weighted by Crippen LogP contribution is -2.16. The predicted octanol–water partition coefficient (Wildman–Crippen LogP) is 3.24. The van der Waals surface area contributed by atoms with Gasteiger partial charge >= 0.3 is 13.6 Å². The Labute approximate surface area is 156 Å². The number of carbonyl (C=O) groups is 1. The van der Waals surface area contributed by atoms with E-state index in [0.29, 0.717) is 11.3 Å². The Morgan fingerprint density at radius 3 is 2.15 bits per heavy atom. The fourth-order valence-corrected chi connectivity index (χ4v) is 3.86. The number of ether oxygens (including phenoxy) is 3. The van der Waals surface area contributed by atoms with Gasteiger partial charge in [0.05, 0.1) is 27.5 Å². The van der Waals surface area contributed by atoms with Crippen LogP contribution in [0.4, 0.5) is 0 Å². The van der Waals surface area contributed by atoms with Crippen molar-refractivity contribution in [1.29, 1.82) is 0 Å². The zero-order valence-electron chi connectivity index (χ0n) is 15.1. The average molecular weight is 396 g/mol. The minimum Gasteiger partial charge on any atom is -0.493 e. The minimum atomic E-state index is -4.27. The van der Waals surface area contributed by atoms with Gasteiger partial charge in [-0.1, -0.05) is 30.3 Å². The summed E-state index contributed by atoms with van der Waals surface area (Å²) in [5.41, 5.74) is 0.580. The summed E-state index contributed by atoms with van der Waals surface area (Å²) in [6.45, 7) is 0. The molecule has 0 aromatic heterocycles. The third-order valence-corrected chi connectivity index (χ3v) is 5.04. The lowest BCUT2D eigenvalue weighted by atomic mass is 10.1. The minimum absolute atomic E-state index is 0.0324. The Balaban J connectivity index is 2.40. The number of carboxylic acid groups (broad SMARTS) is 1. The topological polar surface area (TPSA) is 112 Å². The zero-order chi connectivity index (χ0) is 20.0. The van der Waals surface area contributed by atoms with Gasteiger partial charge < -0.3 is 24.2 Å². The van der Waals surface area contributed by atoms with Gasteiger partial charge in [-0.25, -0.2) is 4.79 Å². The van der Waals surface area contributed by atoms with Crippen molar-refractivity contribution < 1.29 is 38.1 Å². The van der Waals surface area contributed by atoms with Crippen molar-refractivity contribution in [3.05, 3.63) is 53.6 Å². The van der Waals surface area contributed by atoms with Crippen molar-refractivity contribution in [2.75, 3.05) is 21.3 Å². The van der Waals surface area contributed by atoms with Gasteiger partial charge in [-0.15, -0.1) is 0 Å². The van der Waals surface area contributed by atoms with Crippen molar-refractivity contribution in [1.82, 2.24) is 0 Å². The first-order valence-corrected chi connectivity index (χ1v) is 9.65. The number of benzene rings is 2. The normalized spacial score (nSPS) is 14.1. The van der Waals surface area contributed by atoms with Gasteiger partial charge in [0.1, 0.15) is 0 Å². The summed E-state index contributed by atoms with van der Waals surface area (Å²) in [4.78, 5) is 22.0. The van der Waals surface area contributed by atoms with Gasteiger partial charge in [-0.3, -0.25) is 9.09 Å². The standard InChI is InChI=1S/C18H21O8P/c1-23-14-10-9-13(15(24-2)17(14)25-3)16(18(19)20)26-27(21,22)11-12-7-5-4-6-8-12/h4-10,16H,11H2,1-3H3,(H,19,20)(H,21,22). The number of aliphatic carboxylic acids is 1. The van der Waals surface area contributed by atoms with Crippen LogP contribution in [0.15, 0.2) is 42.5 Å². The average Bonchev–Trinajstić information content (AvgIpc) is 2.65. The van der Waals surface area contributed by atoms with E-state index >= 15 is 0 Å². The Morgan fingerprint density at radius 1 is 1.00 bits per heavy atom. The van der Waals surface area contributed by atoms with Gasteiger partial charge in [0.2, 0.25) is 5.75 Å². The van der Waals surface area contributed by atoms with E-state index in [-0.39, 0.29) is 23.2 Å². The van der Waals surface area contributed by atoms with E-state index in [0.717, 1.165) is 0 Å². The maximum Gasteiger partial charge on any atom is 0.338 e. The molecule has 0 radical (unpaired) electrons. The third kappa shape index (κ3) is 5.01. The molecule has 0 aliphatic carbocycles. The maximum absolute atomic E-state index is 12.5. The molecule has 0 bridgehead atoms. The smallest absolute Gasteiger partial charge is 0.338 e. The van der Waals surface area contributed by atoms with Crippen molar-refractivity contribution in [3.8, 4) is 17.2 Å². The summed E-state index contributed by atoms with van der Waals surface area (Å²) in [7, 11) is -0.161. The fraction of sp³-hybridized carbons (Fsp3) is 0.278. The molecule has 146 valence electrons. The molecule has 2 aromatic rings. The molecule has 0 aliphatic heterocycles. The molecule has 2 N–H and O–H groups in total. The first kappa shape index (κ1) is 20.8. The molecule has 2 unspecified atom stereocenters. The summed E-state index contributed by atoms with van der Waals surface area (Å²) in [6.07, 6.45) is -2.06. The van der Waals surface area contributed by atoms with Gasteiger partial charge in [0, 0.05) is 5.56 Å². The molecule has 0 aliphatic rings. The van der Waals surface area contributed by atoms with Crippen molar-refractivity contribution in [2.24, 2.45) is 0 Å². The van der Waals surface area contributed by atoms with Crippen LogP contribution < -0.4 is 14.2 Å². The highest BCUT2D eigenvalue weighted by Gasteiger charge is 2.34. The molecule has 0 heterocycles. The Bertz CT molecular complexity index is 837. The summed E-state index contributed by atoms with van der Waals surface area (Å²) in [5, 5.41) is 9.58. The highest BCUT2D eigenvalue weighted by atomic mass is 31.2. The monoisotopic (exact) mass is 396 g/mol. The van der Waals surface area contributed by atoms with E-state index in [1.165, 1.54) is 33.5 Å². The van der Waals surface area contributed by atoms with Crippen LogP contribution >= 0.6 is 7.60 Å². The molecule has 0 spiro atoms. The summed E-state index contributed by atoms with van der Waals surface area (Å²) < 4.78 is 33.3. The molecule has 0 fully saturated rings. The van der Waals surface area contributed by atoms with Crippen LogP contribution in [0.25, 0.3) is 0 Å². The fourth-order valence-electron chi connectivity index (χ4n) is 2.58. The third-order valence-electron chi connectivity index (χ3n) is 3.74. The second-order valence-corrected chi connectivity index (χ2v) is 7.33. The molecule has 0 saturated carbocycles. The zero-order valence-corrected chi connectivity index (χ0v) is 16.0. The van der Waals surface area contributed by atoms with Crippen LogP contribution in [0.5, 0.6) is 17.2 Å². The first-order chi connectivity index (χ1) is 12.8.